The second-order valence-corrected chi connectivity index (χ2v) is 4.00. The highest BCUT2D eigenvalue weighted by molar-refractivity contribution is 4.73. The molecule has 0 N–H and O–H groups in total. The van der Waals surface area contributed by atoms with Crippen molar-refractivity contribution in [2.24, 2.45) is 11.8 Å². The van der Waals surface area contributed by atoms with Gasteiger partial charge < -0.3 is 0 Å². The molecule has 2 atom stereocenters. The van der Waals surface area contributed by atoms with Gasteiger partial charge in [-0.3, -0.25) is 0 Å². The Labute approximate surface area is 85.1 Å². The molecule has 80 valence electrons. The highest BCUT2D eigenvalue weighted by Crippen LogP contribution is 2.34. The van der Waals surface area contributed by atoms with E-state index in [-0.39, 0.29) is 0 Å². The highest BCUT2D eigenvalue weighted by Gasteiger charge is 2.22. The van der Waals surface area contributed by atoms with Crippen molar-refractivity contribution in [1.29, 1.82) is 0 Å². The van der Waals surface area contributed by atoms with Gasteiger partial charge in [0.1, 0.15) is 0 Å². The molecule has 0 nitrogen and oxygen atoms in total. The summed E-state index contributed by atoms with van der Waals surface area (Å²) in [7, 11) is 0. The summed E-state index contributed by atoms with van der Waals surface area (Å²) in [6.45, 7) is 8.68. The average Bonchev–Trinajstić information content (AvgIpc) is 2.22. The van der Waals surface area contributed by atoms with Crippen molar-refractivity contribution in [2.75, 3.05) is 0 Å². The van der Waals surface area contributed by atoms with Gasteiger partial charge in [-0.1, -0.05) is 72.6 Å². The van der Waals surface area contributed by atoms with E-state index in [1.165, 1.54) is 44.9 Å². The number of rotatable bonds is 3. The normalized spacial score (nSPS) is 27.7. The molecule has 0 spiro atoms. The lowest BCUT2D eigenvalue weighted by molar-refractivity contribution is 0.216. The molecule has 1 saturated carbocycles. The molecule has 0 heteroatoms. The molecule has 1 aliphatic rings. The first-order valence-corrected chi connectivity index (χ1v) is 6.38. The summed E-state index contributed by atoms with van der Waals surface area (Å²) in [4.78, 5) is 0. The van der Waals surface area contributed by atoms with Gasteiger partial charge in [0.2, 0.25) is 0 Å². The Morgan fingerprint density at radius 2 is 1.46 bits per heavy atom. The molecule has 1 fully saturated rings. The quantitative estimate of drug-likeness (QED) is 0.577. The van der Waals surface area contributed by atoms with Crippen molar-refractivity contribution < 1.29 is 0 Å². The van der Waals surface area contributed by atoms with E-state index in [4.69, 9.17) is 0 Å². The largest absolute Gasteiger partial charge is 0.0683 e. The molecule has 0 bridgehead atoms. The Morgan fingerprint density at radius 3 is 1.92 bits per heavy atom. The van der Waals surface area contributed by atoms with Crippen molar-refractivity contribution in [3.8, 4) is 0 Å². The van der Waals surface area contributed by atoms with Crippen LogP contribution in [0.25, 0.3) is 0 Å². The molecule has 13 heavy (non-hydrogen) atoms. The van der Waals surface area contributed by atoms with Gasteiger partial charge in [-0.25, -0.2) is 0 Å². The molecule has 0 saturated heterocycles. The molecule has 0 aromatic rings. The van der Waals surface area contributed by atoms with Crippen LogP contribution in [0.15, 0.2) is 0 Å². The molecule has 0 aliphatic heterocycles. The third-order valence-electron chi connectivity index (χ3n) is 3.25. The fourth-order valence-electron chi connectivity index (χ4n) is 2.57. The lowest BCUT2D eigenvalue weighted by atomic mass is 9.76. The van der Waals surface area contributed by atoms with Crippen LogP contribution in [0.1, 0.15) is 72.6 Å². The van der Waals surface area contributed by atoms with Crippen LogP contribution in [0.2, 0.25) is 0 Å². The predicted octanol–water partition coefficient (Wildman–Crippen LogP) is 5.03. The van der Waals surface area contributed by atoms with Crippen LogP contribution in [0.5, 0.6) is 0 Å². The number of hydrogen-bond acceptors (Lipinski definition) is 0. The van der Waals surface area contributed by atoms with E-state index < -0.39 is 0 Å². The van der Waals surface area contributed by atoms with Gasteiger partial charge in [0, 0.05) is 0 Å². The first kappa shape index (κ1) is 13.0. The summed E-state index contributed by atoms with van der Waals surface area (Å²) in [6, 6.07) is 0. The fraction of sp³-hybridized carbons (Fsp3) is 1.00. The van der Waals surface area contributed by atoms with E-state index in [1.807, 2.05) is 13.8 Å². The summed E-state index contributed by atoms with van der Waals surface area (Å²) < 4.78 is 0. The van der Waals surface area contributed by atoms with Crippen molar-refractivity contribution in [2.45, 2.75) is 72.6 Å². The zero-order valence-electron chi connectivity index (χ0n) is 10.1. The molecule has 1 rings (SSSR count). The van der Waals surface area contributed by atoms with Crippen molar-refractivity contribution in [3.05, 3.63) is 0 Å². The summed E-state index contributed by atoms with van der Waals surface area (Å²) in [6.07, 6.45) is 10.3. The van der Waals surface area contributed by atoms with Crippen LogP contribution in [-0.2, 0) is 0 Å². The van der Waals surface area contributed by atoms with Gasteiger partial charge >= 0.3 is 0 Å². The molecule has 0 aromatic heterocycles. The minimum Gasteiger partial charge on any atom is -0.0683 e. The van der Waals surface area contributed by atoms with E-state index in [0.29, 0.717) is 0 Å². The van der Waals surface area contributed by atoms with Gasteiger partial charge in [0.15, 0.2) is 0 Å². The van der Waals surface area contributed by atoms with Crippen molar-refractivity contribution in [1.82, 2.24) is 0 Å². The van der Waals surface area contributed by atoms with Crippen LogP contribution in [0.3, 0.4) is 0 Å². The standard InChI is InChI=1S/C11H22.C2H6/c1-3-7-11-9-6-5-8-10(11)4-2;1-2/h10-11H,3-9H2,1-2H3;1-2H3. The number of hydrogen-bond donors (Lipinski definition) is 0. The molecule has 0 radical (unpaired) electrons. The van der Waals surface area contributed by atoms with E-state index in [2.05, 4.69) is 13.8 Å². The Bertz CT molecular complexity index is 94.2. The second kappa shape index (κ2) is 8.59. The SMILES string of the molecule is CC.CCCC1CCCCC1CC. The minimum atomic E-state index is 1.07. The molecule has 1 aliphatic carbocycles. The van der Waals surface area contributed by atoms with Gasteiger partial charge in [-0.05, 0) is 11.8 Å². The summed E-state index contributed by atoms with van der Waals surface area (Å²) in [5.74, 6) is 2.16. The summed E-state index contributed by atoms with van der Waals surface area (Å²) in [5, 5.41) is 0. The van der Waals surface area contributed by atoms with Crippen molar-refractivity contribution in [3.63, 3.8) is 0 Å². The van der Waals surface area contributed by atoms with Gasteiger partial charge in [-0.15, -0.1) is 0 Å². The molecule has 0 heterocycles. The maximum absolute atomic E-state index is 2.36. The van der Waals surface area contributed by atoms with Gasteiger partial charge in [0.25, 0.3) is 0 Å². The summed E-state index contributed by atoms with van der Waals surface area (Å²) in [5.41, 5.74) is 0. The average molecular weight is 184 g/mol. The smallest absolute Gasteiger partial charge is 0.0386 e. The summed E-state index contributed by atoms with van der Waals surface area (Å²) >= 11 is 0. The lowest BCUT2D eigenvalue weighted by Gasteiger charge is -2.30. The third-order valence-corrected chi connectivity index (χ3v) is 3.25. The zero-order chi connectivity index (χ0) is 10.1. The van der Waals surface area contributed by atoms with Crippen LogP contribution in [0.4, 0.5) is 0 Å². The van der Waals surface area contributed by atoms with Crippen LogP contribution in [-0.4, -0.2) is 0 Å². The molecular weight excluding hydrogens is 156 g/mol. The Kier molecular flexibility index (Phi) is 8.59. The van der Waals surface area contributed by atoms with Crippen LogP contribution < -0.4 is 0 Å². The van der Waals surface area contributed by atoms with E-state index in [9.17, 15) is 0 Å². The van der Waals surface area contributed by atoms with Gasteiger partial charge in [0.05, 0.1) is 0 Å². The Morgan fingerprint density at radius 1 is 0.923 bits per heavy atom. The van der Waals surface area contributed by atoms with Crippen LogP contribution in [0, 0.1) is 11.8 Å². The third kappa shape index (κ3) is 4.69. The Balaban J connectivity index is 0.000000671. The lowest BCUT2D eigenvalue weighted by Crippen LogP contribution is -2.18. The topological polar surface area (TPSA) is 0 Å². The van der Waals surface area contributed by atoms with Crippen LogP contribution >= 0.6 is 0 Å². The zero-order valence-corrected chi connectivity index (χ0v) is 10.1. The fourth-order valence-corrected chi connectivity index (χ4v) is 2.57. The first-order chi connectivity index (χ1) is 6.38. The highest BCUT2D eigenvalue weighted by atomic mass is 14.3. The van der Waals surface area contributed by atoms with Gasteiger partial charge in [-0.2, -0.15) is 0 Å². The predicted molar refractivity (Wildman–Crippen MR) is 62.0 cm³/mol. The maximum atomic E-state index is 2.36. The molecule has 0 amide bonds. The van der Waals surface area contributed by atoms with E-state index >= 15 is 0 Å². The van der Waals surface area contributed by atoms with Crippen molar-refractivity contribution >= 4 is 0 Å². The monoisotopic (exact) mass is 184 g/mol. The first-order valence-electron chi connectivity index (χ1n) is 6.38. The van der Waals surface area contributed by atoms with E-state index in [0.717, 1.165) is 11.8 Å². The van der Waals surface area contributed by atoms with E-state index in [1.54, 1.807) is 0 Å². The molecule has 2 unspecified atom stereocenters. The molecule has 0 aromatic carbocycles. The minimum absolute atomic E-state index is 1.07. The second-order valence-electron chi connectivity index (χ2n) is 4.00. The molecular formula is C13H28. The maximum Gasteiger partial charge on any atom is -0.0386 e. The Hall–Kier alpha value is 0.